The van der Waals surface area contributed by atoms with E-state index >= 15 is 0 Å². The van der Waals surface area contributed by atoms with Gasteiger partial charge in [0.25, 0.3) is 5.91 Å². The van der Waals surface area contributed by atoms with Gasteiger partial charge in [0.2, 0.25) is 0 Å². The molecule has 1 amide bonds. The molecule has 4 heteroatoms. The van der Waals surface area contributed by atoms with Gasteiger partial charge in [-0.25, -0.2) is 0 Å². The molecule has 0 fully saturated rings. The highest BCUT2D eigenvalue weighted by Gasteiger charge is 2.10. The van der Waals surface area contributed by atoms with Crippen LogP contribution in [0.5, 0.6) is 0 Å². The van der Waals surface area contributed by atoms with Crippen LogP contribution in [0.1, 0.15) is 10.4 Å². The first-order chi connectivity index (χ1) is 8.72. The maximum absolute atomic E-state index is 12.2. The van der Waals surface area contributed by atoms with Crippen LogP contribution in [0.3, 0.4) is 0 Å². The van der Waals surface area contributed by atoms with E-state index in [9.17, 15) is 4.79 Å². The molecule has 0 bridgehead atoms. The molecule has 0 unspecified atom stereocenters. The van der Waals surface area contributed by atoms with Crippen LogP contribution in [-0.2, 0) is 0 Å². The van der Waals surface area contributed by atoms with Crippen molar-refractivity contribution < 1.29 is 4.79 Å². The highest BCUT2D eigenvalue weighted by Crippen LogP contribution is 2.26. The van der Waals surface area contributed by atoms with Crippen LogP contribution in [0.15, 0.2) is 57.9 Å². The molecule has 2 nitrogen and oxygen atoms in total. The molecule has 92 valence electrons. The second-order valence-corrected chi connectivity index (χ2v) is 5.34. The Morgan fingerprint density at radius 1 is 1.11 bits per heavy atom. The average Bonchev–Trinajstić information content (AvgIpc) is 2.39. The van der Waals surface area contributed by atoms with E-state index in [2.05, 4.69) is 21.2 Å². The van der Waals surface area contributed by atoms with Gasteiger partial charge in [-0.2, -0.15) is 0 Å². The number of para-hydroxylation sites is 1. The number of carbonyl (C=O) groups excluding carboxylic acids is 1. The number of benzene rings is 2. The molecule has 0 heterocycles. The van der Waals surface area contributed by atoms with Crippen LogP contribution in [0, 0.1) is 0 Å². The summed E-state index contributed by atoms with van der Waals surface area (Å²) in [6.07, 6.45) is 1.99. The Morgan fingerprint density at radius 2 is 1.78 bits per heavy atom. The predicted octanol–water partition coefficient (Wildman–Crippen LogP) is 4.42. The summed E-state index contributed by atoms with van der Waals surface area (Å²) in [5.41, 5.74) is 1.47. The summed E-state index contributed by atoms with van der Waals surface area (Å²) in [5, 5.41) is 2.93. The number of nitrogens with one attached hydrogen (secondary N) is 1. The summed E-state index contributed by atoms with van der Waals surface area (Å²) in [6.45, 7) is 0. The first-order valence-corrected chi connectivity index (χ1v) is 7.43. The summed E-state index contributed by atoms with van der Waals surface area (Å²) in [6, 6.07) is 15.1. The van der Waals surface area contributed by atoms with Crippen molar-refractivity contribution in [3.8, 4) is 0 Å². The van der Waals surface area contributed by atoms with Gasteiger partial charge >= 0.3 is 0 Å². The quantitative estimate of drug-likeness (QED) is 0.848. The van der Waals surface area contributed by atoms with Crippen LogP contribution in [-0.4, -0.2) is 12.2 Å². The molecule has 0 aromatic heterocycles. The zero-order chi connectivity index (χ0) is 13.0. The van der Waals surface area contributed by atoms with Crippen molar-refractivity contribution in [3.05, 3.63) is 58.6 Å². The normalized spacial score (nSPS) is 10.1. The predicted molar refractivity (Wildman–Crippen MR) is 80.3 cm³/mol. The van der Waals surface area contributed by atoms with Gasteiger partial charge in [-0.3, -0.25) is 4.79 Å². The van der Waals surface area contributed by atoms with E-state index < -0.39 is 0 Å². The third-order valence-electron chi connectivity index (χ3n) is 2.47. The Hall–Kier alpha value is -1.26. The molecule has 0 atom stereocenters. The zero-order valence-electron chi connectivity index (χ0n) is 9.81. The fraction of sp³-hybridized carbons (Fsp3) is 0.0714. The lowest BCUT2D eigenvalue weighted by Crippen LogP contribution is -2.13. The molecule has 0 aliphatic rings. The number of carbonyl (C=O) groups is 1. The van der Waals surface area contributed by atoms with Gasteiger partial charge in [0.15, 0.2) is 0 Å². The summed E-state index contributed by atoms with van der Waals surface area (Å²) in [5.74, 6) is -0.107. The maximum atomic E-state index is 12.2. The Morgan fingerprint density at radius 3 is 2.50 bits per heavy atom. The van der Waals surface area contributed by atoms with E-state index in [4.69, 9.17) is 0 Å². The maximum Gasteiger partial charge on any atom is 0.256 e. The molecular formula is C14H12BrNOS. The third kappa shape index (κ3) is 2.94. The second-order valence-electron chi connectivity index (χ2n) is 3.63. The molecule has 2 aromatic carbocycles. The zero-order valence-corrected chi connectivity index (χ0v) is 12.2. The van der Waals surface area contributed by atoms with Crippen LogP contribution in [0.4, 0.5) is 5.69 Å². The average molecular weight is 322 g/mol. The van der Waals surface area contributed by atoms with E-state index in [1.54, 1.807) is 17.8 Å². The molecule has 1 N–H and O–H groups in total. The number of anilines is 1. The van der Waals surface area contributed by atoms with Gasteiger partial charge in [-0.05, 0) is 46.5 Å². The van der Waals surface area contributed by atoms with E-state index in [0.717, 1.165) is 15.1 Å². The lowest BCUT2D eigenvalue weighted by Gasteiger charge is -2.10. The van der Waals surface area contributed by atoms with E-state index in [0.29, 0.717) is 5.56 Å². The van der Waals surface area contributed by atoms with Crippen molar-refractivity contribution in [3.63, 3.8) is 0 Å². The van der Waals surface area contributed by atoms with E-state index in [-0.39, 0.29) is 5.91 Å². The Kier molecular flexibility index (Phi) is 4.44. The molecular weight excluding hydrogens is 310 g/mol. The van der Waals surface area contributed by atoms with Gasteiger partial charge in [-0.1, -0.05) is 24.3 Å². The minimum absolute atomic E-state index is 0.107. The third-order valence-corrected chi connectivity index (χ3v) is 3.96. The fourth-order valence-electron chi connectivity index (χ4n) is 1.58. The molecule has 2 aromatic rings. The molecule has 0 spiro atoms. The topological polar surface area (TPSA) is 29.1 Å². The Bertz CT molecular complexity index is 571. The first kappa shape index (κ1) is 13.2. The van der Waals surface area contributed by atoms with Crippen molar-refractivity contribution in [1.82, 2.24) is 0 Å². The van der Waals surface area contributed by atoms with Gasteiger partial charge < -0.3 is 5.32 Å². The molecule has 2 rings (SSSR count). The number of hydrogen-bond donors (Lipinski definition) is 1. The van der Waals surface area contributed by atoms with E-state index in [1.807, 2.05) is 48.7 Å². The number of halogens is 1. The van der Waals surface area contributed by atoms with Crippen molar-refractivity contribution in [2.45, 2.75) is 4.90 Å². The molecule has 0 saturated heterocycles. The smallest absolute Gasteiger partial charge is 0.256 e. The fourth-order valence-corrected chi connectivity index (χ4v) is 2.60. The van der Waals surface area contributed by atoms with Gasteiger partial charge in [-0.15, -0.1) is 11.8 Å². The monoisotopic (exact) mass is 321 g/mol. The van der Waals surface area contributed by atoms with Crippen LogP contribution < -0.4 is 5.32 Å². The molecule has 0 aliphatic heterocycles. The van der Waals surface area contributed by atoms with Crippen molar-refractivity contribution in [1.29, 1.82) is 0 Å². The summed E-state index contributed by atoms with van der Waals surface area (Å²) in [7, 11) is 0. The number of thioether (sulfide) groups is 1. The van der Waals surface area contributed by atoms with Gasteiger partial charge in [0.05, 0.1) is 11.3 Å². The SMILES string of the molecule is CSc1ccccc1NC(=O)c1ccccc1Br. The largest absolute Gasteiger partial charge is 0.321 e. The number of amides is 1. The Labute approximate surface area is 119 Å². The van der Waals surface area contributed by atoms with Crippen molar-refractivity contribution in [2.24, 2.45) is 0 Å². The summed E-state index contributed by atoms with van der Waals surface area (Å²) >= 11 is 4.99. The molecule has 0 aliphatic carbocycles. The van der Waals surface area contributed by atoms with Crippen molar-refractivity contribution >= 4 is 39.3 Å². The molecule has 18 heavy (non-hydrogen) atoms. The minimum Gasteiger partial charge on any atom is -0.321 e. The number of hydrogen-bond acceptors (Lipinski definition) is 2. The van der Waals surface area contributed by atoms with Crippen LogP contribution in [0.2, 0.25) is 0 Å². The number of rotatable bonds is 3. The van der Waals surface area contributed by atoms with Gasteiger partial charge in [0.1, 0.15) is 0 Å². The second kappa shape index (κ2) is 6.07. The summed E-state index contributed by atoms with van der Waals surface area (Å²) in [4.78, 5) is 13.2. The lowest BCUT2D eigenvalue weighted by atomic mass is 10.2. The van der Waals surface area contributed by atoms with E-state index in [1.165, 1.54) is 0 Å². The highest BCUT2D eigenvalue weighted by molar-refractivity contribution is 9.10. The molecule has 0 saturated carbocycles. The Balaban J connectivity index is 2.24. The molecule has 0 radical (unpaired) electrons. The highest BCUT2D eigenvalue weighted by atomic mass is 79.9. The summed E-state index contributed by atoms with van der Waals surface area (Å²) < 4.78 is 0.795. The first-order valence-electron chi connectivity index (χ1n) is 5.41. The van der Waals surface area contributed by atoms with Crippen LogP contribution >= 0.6 is 27.7 Å². The minimum atomic E-state index is -0.107. The lowest BCUT2D eigenvalue weighted by molar-refractivity contribution is 0.102. The van der Waals surface area contributed by atoms with Crippen molar-refractivity contribution in [2.75, 3.05) is 11.6 Å². The van der Waals surface area contributed by atoms with Gasteiger partial charge in [0, 0.05) is 9.37 Å². The standard InChI is InChI=1S/C14H12BrNOS/c1-18-13-9-5-4-8-12(13)16-14(17)10-6-2-3-7-11(10)15/h2-9H,1H3,(H,16,17). The van der Waals surface area contributed by atoms with Crippen LogP contribution in [0.25, 0.3) is 0 Å².